The number of piperidine rings is 1. The number of nitrogens with zero attached hydrogens (tertiary/aromatic N) is 1. The lowest BCUT2D eigenvalue weighted by molar-refractivity contribution is -0.127. The van der Waals surface area contributed by atoms with Crippen LogP contribution in [0.25, 0.3) is 0 Å². The van der Waals surface area contributed by atoms with Crippen molar-refractivity contribution < 1.29 is 9.90 Å². The van der Waals surface area contributed by atoms with Crippen LogP contribution in [0, 0.1) is 17.3 Å². The van der Waals surface area contributed by atoms with Gasteiger partial charge in [0.1, 0.15) is 0 Å². The average molecular weight is 368 g/mol. The van der Waals surface area contributed by atoms with Crippen LogP contribution < -0.4 is 0 Å². The largest absolute Gasteiger partial charge is 0.396 e. The number of carbonyl (C=O) groups excluding carboxylic acids is 1. The van der Waals surface area contributed by atoms with E-state index in [2.05, 4.69) is 11.8 Å². The van der Waals surface area contributed by atoms with Crippen LogP contribution in [0.15, 0.2) is 54.6 Å². The molecule has 134 valence electrons. The molecule has 0 unspecified atom stereocenters. The number of likely N-dealkylation sites (tertiary alicyclic amines) is 1. The second-order valence-corrected chi connectivity index (χ2v) is 7.24. The summed E-state index contributed by atoms with van der Waals surface area (Å²) < 4.78 is 0. The van der Waals surface area contributed by atoms with Gasteiger partial charge in [0.05, 0.1) is 0 Å². The van der Waals surface area contributed by atoms with Crippen molar-refractivity contribution in [2.45, 2.75) is 19.3 Å². The topological polar surface area (TPSA) is 40.5 Å². The minimum absolute atomic E-state index is 0.0932. The normalized spacial score (nSPS) is 15.8. The van der Waals surface area contributed by atoms with Gasteiger partial charge in [0, 0.05) is 41.6 Å². The summed E-state index contributed by atoms with van der Waals surface area (Å²) in [7, 11) is 0. The fourth-order valence-electron chi connectivity index (χ4n) is 3.35. The van der Waals surface area contributed by atoms with Gasteiger partial charge in [-0.15, -0.1) is 0 Å². The number of benzene rings is 2. The molecule has 0 radical (unpaired) electrons. The molecule has 0 spiro atoms. The van der Waals surface area contributed by atoms with Crippen molar-refractivity contribution in [2.24, 2.45) is 5.41 Å². The van der Waals surface area contributed by atoms with Crippen LogP contribution in [0.4, 0.5) is 0 Å². The van der Waals surface area contributed by atoms with Gasteiger partial charge >= 0.3 is 0 Å². The Morgan fingerprint density at radius 2 is 1.73 bits per heavy atom. The molecule has 4 heteroatoms. The van der Waals surface area contributed by atoms with E-state index in [0.29, 0.717) is 13.1 Å². The van der Waals surface area contributed by atoms with Crippen LogP contribution in [0.5, 0.6) is 0 Å². The minimum Gasteiger partial charge on any atom is -0.396 e. The lowest BCUT2D eigenvalue weighted by Gasteiger charge is -2.40. The van der Waals surface area contributed by atoms with Crippen molar-refractivity contribution in [1.82, 2.24) is 4.90 Å². The highest BCUT2D eigenvalue weighted by Crippen LogP contribution is 2.36. The van der Waals surface area contributed by atoms with E-state index in [1.54, 1.807) is 4.90 Å². The van der Waals surface area contributed by atoms with Crippen LogP contribution in [0.2, 0.25) is 5.02 Å². The molecule has 1 aliphatic heterocycles. The first-order chi connectivity index (χ1) is 12.6. The van der Waals surface area contributed by atoms with Crippen LogP contribution in [0.3, 0.4) is 0 Å². The molecule has 1 saturated heterocycles. The molecule has 1 amide bonds. The number of rotatable bonds is 3. The number of carbonyl (C=O) groups is 1. The first-order valence-electron chi connectivity index (χ1n) is 8.82. The number of halogens is 1. The predicted octanol–water partition coefficient (Wildman–Crippen LogP) is 3.54. The van der Waals surface area contributed by atoms with Crippen molar-refractivity contribution in [3.05, 3.63) is 70.7 Å². The highest BCUT2D eigenvalue weighted by molar-refractivity contribution is 6.31. The van der Waals surface area contributed by atoms with E-state index >= 15 is 0 Å². The van der Waals surface area contributed by atoms with Gasteiger partial charge in [-0.25, -0.2) is 0 Å². The Balaban J connectivity index is 1.63. The molecule has 1 fully saturated rings. The maximum Gasteiger partial charge on any atom is 0.298 e. The quantitative estimate of drug-likeness (QED) is 0.843. The maximum absolute atomic E-state index is 12.4. The van der Waals surface area contributed by atoms with Gasteiger partial charge in [-0.05, 0) is 43.0 Å². The Bertz CT molecular complexity index is 815. The smallest absolute Gasteiger partial charge is 0.298 e. The van der Waals surface area contributed by atoms with E-state index in [1.807, 2.05) is 54.6 Å². The van der Waals surface area contributed by atoms with Gasteiger partial charge in [-0.1, -0.05) is 53.9 Å². The zero-order valence-electron chi connectivity index (χ0n) is 14.6. The molecule has 3 nitrogen and oxygen atoms in total. The van der Waals surface area contributed by atoms with Gasteiger partial charge in [0.25, 0.3) is 5.91 Å². The summed E-state index contributed by atoms with van der Waals surface area (Å²) in [4.78, 5) is 14.1. The van der Waals surface area contributed by atoms with Crippen LogP contribution in [-0.4, -0.2) is 35.6 Å². The molecule has 2 aromatic rings. The Labute approximate surface area is 159 Å². The second-order valence-electron chi connectivity index (χ2n) is 6.83. The summed E-state index contributed by atoms with van der Waals surface area (Å²) >= 11 is 6.28. The highest BCUT2D eigenvalue weighted by atomic mass is 35.5. The van der Waals surface area contributed by atoms with Crippen molar-refractivity contribution in [1.29, 1.82) is 0 Å². The van der Waals surface area contributed by atoms with E-state index in [1.165, 1.54) is 0 Å². The van der Waals surface area contributed by atoms with Crippen LogP contribution in [-0.2, 0) is 11.2 Å². The third-order valence-corrected chi connectivity index (χ3v) is 5.43. The molecule has 3 rings (SSSR count). The summed E-state index contributed by atoms with van der Waals surface area (Å²) in [6.07, 6.45) is 2.21. The Morgan fingerprint density at radius 3 is 2.38 bits per heavy atom. The molecular weight excluding hydrogens is 346 g/mol. The summed E-state index contributed by atoms with van der Waals surface area (Å²) in [6, 6.07) is 17.2. The van der Waals surface area contributed by atoms with E-state index in [0.717, 1.165) is 35.4 Å². The summed E-state index contributed by atoms with van der Waals surface area (Å²) in [6.45, 7) is 1.30. The fourth-order valence-corrected chi connectivity index (χ4v) is 3.55. The third kappa shape index (κ3) is 4.46. The molecule has 1 heterocycles. The predicted molar refractivity (Wildman–Crippen MR) is 104 cm³/mol. The monoisotopic (exact) mass is 367 g/mol. The number of hydrogen-bond donors (Lipinski definition) is 1. The molecular formula is C22H22ClNO2. The fraction of sp³-hybridized carbons (Fsp3) is 0.318. The summed E-state index contributed by atoms with van der Waals surface area (Å²) in [5.74, 6) is 5.49. The zero-order chi connectivity index (χ0) is 18.4. The Kier molecular flexibility index (Phi) is 5.98. The average Bonchev–Trinajstić information content (AvgIpc) is 2.69. The lowest BCUT2D eigenvalue weighted by atomic mass is 9.74. The molecule has 0 saturated carbocycles. The van der Waals surface area contributed by atoms with Crippen molar-refractivity contribution >= 4 is 17.5 Å². The molecule has 1 aliphatic rings. The standard InChI is InChI=1S/C22H22ClNO2/c23-20-9-5-4-8-19(20)16-22(17-25)12-14-24(15-13-22)21(26)11-10-18-6-2-1-3-7-18/h1-9,25H,12-17H2. The SMILES string of the molecule is O=C(C#Cc1ccccc1)N1CCC(CO)(Cc2ccccc2Cl)CC1. The van der Waals surface area contributed by atoms with Crippen molar-refractivity contribution in [3.8, 4) is 11.8 Å². The molecule has 2 aromatic carbocycles. The summed E-state index contributed by atoms with van der Waals surface area (Å²) in [5.41, 5.74) is 1.65. The molecule has 0 atom stereocenters. The number of hydrogen-bond acceptors (Lipinski definition) is 2. The second kappa shape index (κ2) is 8.40. The van der Waals surface area contributed by atoms with Gasteiger partial charge < -0.3 is 10.0 Å². The van der Waals surface area contributed by atoms with E-state index < -0.39 is 0 Å². The van der Waals surface area contributed by atoms with Crippen LogP contribution in [0.1, 0.15) is 24.0 Å². The van der Waals surface area contributed by atoms with Crippen molar-refractivity contribution in [3.63, 3.8) is 0 Å². The van der Waals surface area contributed by atoms with Crippen molar-refractivity contribution in [2.75, 3.05) is 19.7 Å². The van der Waals surface area contributed by atoms with E-state index in [4.69, 9.17) is 11.6 Å². The Morgan fingerprint density at radius 1 is 1.08 bits per heavy atom. The number of aliphatic hydroxyl groups is 1. The highest BCUT2D eigenvalue weighted by Gasteiger charge is 2.35. The van der Waals surface area contributed by atoms with Gasteiger partial charge in [-0.3, -0.25) is 4.79 Å². The van der Waals surface area contributed by atoms with E-state index in [9.17, 15) is 9.90 Å². The number of aliphatic hydroxyl groups excluding tert-OH is 1. The number of amides is 1. The first-order valence-corrected chi connectivity index (χ1v) is 9.20. The third-order valence-electron chi connectivity index (χ3n) is 5.06. The molecule has 0 bridgehead atoms. The van der Waals surface area contributed by atoms with E-state index in [-0.39, 0.29) is 17.9 Å². The molecule has 0 aliphatic carbocycles. The molecule has 1 N–H and O–H groups in total. The molecule has 0 aromatic heterocycles. The maximum atomic E-state index is 12.4. The first kappa shape index (κ1) is 18.5. The van der Waals surface area contributed by atoms with Crippen LogP contribution >= 0.6 is 11.6 Å². The van der Waals surface area contributed by atoms with Gasteiger partial charge in [0.2, 0.25) is 0 Å². The van der Waals surface area contributed by atoms with Gasteiger partial charge in [-0.2, -0.15) is 0 Å². The Hall–Kier alpha value is -2.28. The lowest BCUT2D eigenvalue weighted by Crippen LogP contribution is -2.45. The molecule has 26 heavy (non-hydrogen) atoms. The minimum atomic E-state index is -0.228. The summed E-state index contributed by atoms with van der Waals surface area (Å²) in [5, 5.41) is 10.7. The zero-order valence-corrected chi connectivity index (χ0v) is 15.4. The van der Waals surface area contributed by atoms with Gasteiger partial charge in [0.15, 0.2) is 0 Å².